The number of nitrogens with zero attached hydrogens (tertiary/aromatic N) is 2. The number of hydrogen-bond donors (Lipinski definition) is 0. The van der Waals surface area contributed by atoms with Gasteiger partial charge in [0.1, 0.15) is 11.6 Å². The van der Waals surface area contributed by atoms with E-state index in [0.717, 1.165) is 5.56 Å². The van der Waals surface area contributed by atoms with Gasteiger partial charge in [-0.05, 0) is 78.4 Å². The maximum Gasteiger partial charge on any atom is 0.343 e. The van der Waals surface area contributed by atoms with E-state index >= 15 is 0 Å². The fraction of sp³-hybridized carbons (Fsp3) is 0. The molecule has 0 aromatic heterocycles. The molecule has 0 saturated carbocycles. The van der Waals surface area contributed by atoms with Crippen LogP contribution in [0, 0.1) is 17.1 Å². The molecule has 0 amide bonds. The monoisotopic (exact) mass is 344 g/mol. The Bertz CT molecular complexity index is 971. The van der Waals surface area contributed by atoms with Gasteiger partial charge in [0.05, 0.1) is 22.9 Å². The van der Waals surface area contributed by atoms with Gasteiger partial charge in [0.2, 0.25) is 0 Å². The highest BCUT2D eigenvalue weighted by Crippen LogP contribution is 2.16. The van der Waals surface area contributed by atoms with Crippen LogP contribution in [0.5, 0.6) is 5.75 Å². The largest absolute Gasteiger partial charge is 0.423 e. The molecule has 0 N–H and O–H groups in total. The van der Waals surface area contributed by atoms with E-state index in [0.29, 0.717) is 22.6 Å². The second-order valence-corrected chi connectivity index (χ2v) is 5.38. The lowest BCUT2D eigenvalue weighted by Crippen LogP contribution is -2.08. The average molecular weight is 344 g/mol. The molecule has 3 aromatic rings. The Hall–Kier alpha value is -3.78. The van der Waals surface area contributed by atoms with E-state index in [2.05, 4.69) is 4.99 Å². The van der Waals surface area contributed by atoms with Crippen molar-refractivity contribution in [3.05, 3.63) is 95.3 Å². The van der Waals surface area contributed by atoms with Crippen molar-refractivity contribution in [1.29, 1.82) is 5.26 Å². The molecule has 0 saturated heterocycles. The fourth-order valence-corrected chi connectivity index (χ4v) is 2.14. The number of halogens is 1. The lowest BCUT2D eigenvalue weighted by molar-refractivity contribution is 0.0735. The van der Waals surface area contributed by atoms with Gasteiger partial charge >= 0.3 is 5.97 Å². The molecule has 0 fully saturated rings. The zero-order chi connectivity index (χ0) is 18.4. The SMILES string of the molecule is N#Cc1ccc(C(=O)Oc2ccc(C=Nc3ccc(F)cc3)cc2)cc1. The lowest BCUT2D eigenvalue weighted by atomic mass is 10.1. The molecule has 0 unspecified atom stereocenters. The molecule has 0 bridgehead atoms. The van der Waals surface area contributed by atoms with Gasteiger partial charge in [0.25, 0.3) is 0 Å². The van der Waals surface area contributed by atoms with Crippen molar-refractivity contribution in [2.24, 2.45) is 4.99 Å². The van der Waals surface area contributed by atoms with Crippen LogP contribution in [0.25, 0.3) is 0 Å². The first-order valence-electron chi connectivity index (χ1n) is 7.76. The standard InChI is InChI=1S/C21H13FN2O2/c22-18-7-9-19(10-8-18)24-14-16-3-11-20(12-4-16)26-21(25)17-5-1-15(13-23)2-6-17/h1-12,14H. The second kappa shape index (κ2) is 7.86. The van der Waals surface area contributed by atoms with E-state index < -0.39 is 5.97 Å². The summed E-state index contributed by atoms with van der Waals surface area (Å²) in [6.07, 6.45) is 1.64. The molecule has 0 aliphatic carbocycles. The predicted octanol–water partition coefficient (Wildman–Crippen LogP) is 4.67. The Labute approximate surface area is 149 Å². The third-order valence-corrected chi connectivity index (χ3v) is 3.53. The Morgan fingerprint density at radius 2 is 1.62 bits per heavy atom. The molecule has 3 rings (SSSR count). The number of hydrogen-bond acceptors (Lipinski definition) is 4. The molecule has 0 radical (unpaired) electrons. The molecular weight excluding hydrogens is 331 g/mol. The quantitative estimate of drug-likeness (QED) is 0.393. The summed E-state index contributed by atoms with van der Waals surface area (Å²) in [7, 11) is 0. The zero-order valence-corrected chi connectivity index (χ0v) is 13.6. The van der Waals surface area contributed by atoms with Crippen LogP contribution in [-0.2, 0) is 0 Å². The Balaban J connectivity index is 1.64. The predicted molar refractivity (Wildman–Crippen MR) is 96.2 cm³/mol. The van der Waals surface area contributed by atoms with Gasteiger partial charge in [-0.15, -0.1) is 0 Å². The van der Waals surface area contributed by atoms with E-state index in [-0.39, 0.29) is 5.82 Å². The number of esters is 1. The molecule has 4 nitrogen and oxygen atoms in total. The first-order valence-corrected chi connectivity index (χ1v) is 7.76. The van der Waals surface area contributed by atoms with Gasteiger partial charge in [-0.2, -0.15) is 5.26 Å². The van der Waals surface area contributed by atoms with Crippen LogP contribution in [0.15, 0.2) is 77.8 Å². The lowest BCUT2D eigenvalue weighted by Gasteiger charge is -2.04. The molecule has 26 heavy (non-hydrogen) atoms. The number of ether oxygens (including phenoxy) is 1. The summed E-state index contributed by atoms with van der Waals surface area (Å²) in [5.41, 5.74) is 2.30. The summed E-state index contributed by atoms with van der Waals surface area (Å²) in [5, 5.41) is 8.76. The summed E-state index contributed by atoms with van der Waals surface area (Å²) in [6.45, 7) is 0. The summed E-state index contributed by atoms with van der Waals surface area (Å²) in [5.74, 6) is -0.405. The van der Waals surface area contributed by atoms with E-state index in [4.69, 9.17) is 10.00 Å². The van der Waals surface area contributed by atoms with Crippen LogP contribution in [0.2, 0.25) is 0 Å². The average Bonchev–Trinajstić information content (AvgIpc) is 2.68. The minimum atomic E-state index is -0.498. The van der Waals surface area contributed by atoms with E-state index in [1.807, 2.05) is 6.07 Å². The topological polar surface area (TPSA) is 62.5 Å². The number of carbonyl (C=O) groups excluding carboxylic acids is 1. The minimum Gasteiger partial charge on any atom is -0.423 e. The first kappa shape index (κ1) is 17.1. The fourth-order valence-electron chi connectivity index (χ4n) is 2.14. The van der Waals surface area contributed by atoms with Crippen LogP contribution in [0.3, 0.4) is 0 Å². The molecule has 0 heterocycles. The van der Waals surface area contributed by atoms with Gasteiger partial charge in [0, 0.05) is 6.21 Å². The Morgan fingerprint density at radius 1 is 0.962 bits per heavy atom. The molecule has 0 aliphatic rings. The second-order valence-electron chi connectivity index (χ2n) is 5.38. The van der Waals surface area contributed by atoms with Gasteiger partial charge < -0.3 is 4.74 Å². The number of benzene rings is 3. The van der Waals surface area contributed by atoms with Crippen LogP contribution in [0.4, 0.5) is 10.1 Å². The third kappa shape index (κ3) is 4.40. The molecule has 0 aliphatic heterocycles. The van der Waals surface area contributed by atoms with E-state index in [1.165, 1.54) is 12.1 Å². The highest BCUT2D eigenvalue weighted by Gasteiger charge is 2.08. The normalized spacial score (nSPS) is 10.5. The zero-order valence-electron chi connectivity index (χ0n) is 13.6. The van der Waals surface area contributed by atoms with Crippen molar-refractivity contribution in [1.82, 2.24) is 0 Å². The van der Waals surface area contributed by atoms with E-state index in [1.54, 1.807) is 66.9 Å². The number of aliphatic imine (C=N–C) groups is 1. The molecule has 0 atom stereocenters. The van der Waals surface area contributed by atoms with Gasteiger partial charge in [0.15, 0.2) is 0 Å². The van der Waals surface area contributed by atoms with Crippen molar-refractivity contribution in [3.63, 3.8) is 0 Å². The van der Waals surface area contributed by atoms with Crippen molar-refractivity contribution < 1.29 is 13.9 Å². The smallest absolute Gasteiger partial charge is 0.343 e. The number of rotatable bonds is 4. The first-order chi connectivity index (χ1) is 12.6. The van der Waals surface area contributed by atoms with Crippen molar-refractivity contribution in [2.45, 2.75) is 0 Å². The summed E-state index contributed by atoms with van der Waals surface area (Å²) < 4.78 is 18.1. The maximum absolute atomic E-state index is 12.9. The van der Waals surface area contributed by atoms with Gasteiger partial charge in [-0.1, -0.05) is 0 Å². The van der Waals surface area contributed by atoms with Crippen LogP contribution in [0.1, 0.15) is 21.5 Å². The summed E-state index contributed by atoms with van der Waals surface area (Å²) in [6, 6.07) is 20.9. The van der Waals surface area contributed by atoms with Gasteiger partial charge in [-0.3, -0.25) is 4.99 Å². The van der Waals surface area contributed by atoms with Crippen molar-refractivity contribution in [3.8, 4) is 11.8 Å². The molecule has 5 heteroatoms. The Kier molecular flexibility index (Phi) is 5.16. The van der Waals surface area contributed by atoms with Crippen LogP contribution < -0.4 is 4.74 Å². The number of carbonyl (C=O) groups is 1. The van der Waals surface area contributed by atoms with Gasteiger partial charge in [-0.25, -0.2) is 9.18 Å². The number of nitriles is 1. The molecule has 0 spiro atoms. The van der Waals surface area contributed by atoms with E-state index in [9.17, 15) is 9.18 Å². The maximum atomic E-state index is 12.9. The Morgan fingerprint density at radius 3 is 2.23 bits per heavy atom. The van der Waals surface area contributed by atoms with Crippen LogP contribution in [-0.4, -0.2) is 12.2 Å². The highest BCUT2D eigenvalue weighted by molar-refractivity contribution is 5.91. The molecular formula is C21H13FN2O2. The minimum absolute atomic E-state index is 0.308. The van der Waals surface area contributed by atoms with Crippen molar-refractivity contribution in [2.75, 3.05) is 0 Å². The van der Waals surface area contributed by atoms with Crippen molar-refractivity contribution >= 4 is 17.9 Å². The van der Waals surface area contributed by atoms with Crippen LogP contribution >= 0.6 is 0 Å². The third-order valence-electron chi connectivity index (χ3n) is 3.53. The summed E-state index contributed by atoms with van der Waals surface area (Å²) in [4.78, 5) is 16.3. The molecule has 3 aromatic carbocycles. The molecule has 126 valence electrons. The highest BCUT2D eigenvalue weighted by atomic mass is 19.1. The summed E-state index contributed by atoms with van der Waals surface area (Å²) >= 11 is 0.